The highest BCUT2D eigenvalue weighted by Crippen LogP contribution is 2.21. The van der Waals surface area contributed by atoms with Crippen molar-refractivity contribution in [2.24, 2.45) is 4.99 Å². The van der Waals surface area contributed by atoms with Crippen molar-refractivity contribution in [3.05, 3.63) is 59.7 Å². The Morgan fingerprint density at radius 2 is 1.59 bits per heavy atom. The molecule has 0 aromatic heterocycles. The van der Waals surface area contributed by atoms with Crippen molar-refractivity contribution in [3.63, 3.8) is 0 Å². The van der Waals surface area contributed by atoms with Crippen molar-refractivity contribution in [2.75, 3.05) is 33.5 Å². The Labute approximate surface area is 191 Å². The van der Waals surface area contributed by atoms with Gasteiger partial charge in [0, 0.05) is 50.3 Å². The number of benzene rings is 2. The monoisotopic (exact) mass is 459 g/mol. The molecule has 0 atom stereocenters. The van der Waals surface area contributed by atoms with Gasteiger partial charge in [0.1, 0.15) is 11.5 Å². The number of methoxy groups -OCH3 is 1. The molecule has 0 unspecified atom stereocenters. The van der Waals surface area contributed by atoms with E-state index in [0.29, 0.717) is 55.0 Å². The molecule has 7 nitrogen and oxygen atoms in total. The molecule has 174 valence electrons. The zero-order valence-corrected chi connectivity index (χ0v) is 20.3. The van der Waals surface area contributed by atoms with Gasteiger partial charge in [-0.25, -0.2) is 4.79 Å². The van der Waals surface area contributed by atoms with Gasteiger partial charge < -0.3 is 22.8 Å². The predicted molar refractivity (Wildman–Crippen MR) is 127 cm³/mol. The summed E-state index contributed by atoms with van der Waals surface area (Å²) in [6, 6.07) is 14.9. The first kappa shape index (κ1) is 25.7. The fourth-order valence-corrected chi connectivity index (χ4v) is 5.77. The number of nitrogens with zero attached hydrogens (tertiary/aromatic N) is 1. The second-order valence-electron chi connectivity index (χ2n) is 6.78. The standard InChI is InChI=1S/C24H33NO6Si/c1-5-28-32(29-6-2,30-7-3)17-11-16-25-19-20-12-8-9-15-23(20)24(26)31-22-14-10-13-21(18-22)27-4/h8-10,12-15,18-19H,5-7,11,16-17H2,1-4H3. The van der Waals surface area contributed by atoms with E-state index >= 15 is 0 Å². The van der Waals surface area contributed by atoms with E-state index in [4.69, 9.17) is 22.8 Å². The lowest BCUT2D eigenvalue weighted by molar-refractivity contribution is 0.0707. The van der Waals surface area contributed by atoms with Crippen molar-refractivity contribution in [2.45, 2.75) is 33.2 Å². The largest absolute Gasteiger partial charge is 0.500 e. The molecular weight excluding hydrogens is 426 g/mol. The number of hydrogen-bond acceptors (Lipinski definition) is 7. The van der Waals surface area contributed by atoms with Crippen LogP contribution >= 0.6 is 0 Å². The number of esters is 1. The molecule has 0 aliphatic heterocycles. The van der Waals surface area contributed by atoms with E-state index in [1.807, 2.05) is 32.9 Å². The number of aliphatic imine (C=N–C) groups is 1. The van der Waals surface area contributed by atoms with Crippen LogP contribution in [0.25, 0.3) is 0 Å². The molecule has 32 heavy (non-hydrogen) atoms. The average molecular weight is 460 g/mol. The Balaban J connectivity index is 2.00. The molecule has 0 fully saturated rings. The van der Waals surface area contributed by atoms with Gasteiger partial charge in [-0.3, -0.25) is 4.99 Å². The number of ether oxygens (including phenoxy) is 2. The van der Waals surface area contributed by atoms with Gasteiger partial charge in [0.15, 0.2) is 0 Å². The van der Waals surface area contributed by atoms with Crippen LogP contribution in [0.3, 0.4) is 0 Å². The second-order valence-corrected chi connectivity index (χ2v) is 9.51. The fourth-order valence-electron chi connectivity index (χ4n) is 3.17. The van der Waals surface area contributed by atoms with Crippen LogP contribution in [-0.4, -0.2) is 54.5 Å². The topological polar surface area (TPSA) is 75.6 Å². The van der Waals surface area contributed by atoms with Crippen LogP contribution in [-0.2, 0) is 13.3 Å². The normalized spacial score (nSPS) is 11.6. The summed E-state index contributed by atoms with van der Waals surface area (Å²) in [5.74, 6) is 0.594. The molecule has 0 amide bonds. The summed E-state index contributed by atoms with van der Waals surface area (Å²) in [4.78, 5) is 17.2. The van der Waals surface area contributed by atoms with Gasteiger partial charge in [-0.1, -0.05) is 24.3 Å². The van der Waals surface area contributed by atoms with Crippen molar-refractivity contribution in [3.8, 4) is 11.5 Å². The van der Waals surface area contributed by atoms with Gasteiger partial charge >= 0.3 is 14.8 Å². The average Bonchev–Trinajstić information content (AvgIpc) is 2.80. The van der Waals surface area contributed by atoms with Crippen molar-refractivity contribution in [1.82, 2.24) is 0 Å². The Hall–Kier alpha value is -2.52. The minimum absolute atomic E-state index is 0.421. The minimum Gasteiger partial charge on any atom is -0.497 e. The van der Waals surface area contributed by atoms with E-state index < -0.39 is 14.8 Å². The van der Waals surface area contributed by atoms with E-state index in [1.165, 1.54) is 0 Å². The molecule has 2 aromatic carbocycles. The number of carbonyl (C=O) groups excluding carboxylic acids is 1. The highest BCUT2D eigenvalue weighted by molar-refractivity contribution is 6.60. The molecule has 0 bridgehead atoms. The molecular formula is C24H33NO6Si. The molecule has 8 heteroatoms. The zero-order valence-electron chi connectivity index (χ0n) is 19.3. The van der Waals surface area contributed by atoms with Crippen molar-refractivity contribution >= 4 is 21.0 Å². The Bertz CT molecular complexity index is 856. The van der Waals surface area contributed by atoms with E-state index in [1.54, 1.807) is 49.7 Å². The van der Waals surface area contributed by atoms with Gasteiger partial charge in [-0.05, 0) is 45.4 Å². The van der Waals surface area contributed by atoms with E-state index in [-0.39, 0.29) is 0 Å². The zero-order chi connectivity index (χ0) is 23.2. The Kier molecular flexibility index (Phi) is 11.1. The maximum Gasteiger partial charge on any atom is 0.500 e. The molecule has 0 aliphatic carbocycles. The molecule has 0 aliphatic rings. The predicted octanol–water partition coefficient (Wildman–Crippen LogP) is 4.77. The van der Waals surface area contributed by atoms with E-state index in [0.717, 1.165) is 6.42 Å². The summed E-state index contributed by atoms with van der Waals surface area (Å²) in [7, 11) is -1.10. The lowest BCUT2D eigenvalue weighted by Gasteiger charge is -2.28. The summed E-state index contributed by atoms with van der Waals surface area (Å²) in [5.41, 5.74) is 1.14. The summed E-state index contributed by atoms with van der Waals surface area (Å²) in [6.07, 6.45) is 2.46. The molecule has 0 N–H and O–H groups in total. The fraction of sp³-hybridized carbons (Fsp3) is 0.417. The molecule has 2 aromatic rings. The maximum absolute atomic E-state index is 12.7. The lowest BCUT2D eigenvalue weighted by Crippen LogP contribution is -2.46. The summed E-state index contributed by atoms with van der Waals surface area (Å²) >= 11 is 0. The third kappa shape index (κ3) is 7.87. The second kappa shape index (κ2) is 13.8. The molecule has 0 saturated carbocycles. The number of rotatable bonds is 14. The van der Waals surface area contributed by atoms with Crippen LogP contribution in [0.15, 0.2) is 53.5 Å². The first-order valence-corrected chi connectivity index (χ1v) is 12.9. The minimum atomic E-state index is -2.66. The first-order valence-electron chi connectivity index (χ1n) is 10.9. The highest BCUT2D eigenvalue weighted by atomic mass is 28.4. The van der Waals surface area contributed by atoms with Gasteiger partial charge in [0.25, 0.3) is 0 Å². The van der Waals surface area contributed by atoms with Crippen LogP contribution in [0.1, 0.15) is 43.1 Å². The SMILES string of the molecule is CCO[Si](CCCN=Cc1ccccc1C(=O)Oc1cccc(OC)c1)(OCC)OCC. The summed E-state index contributed by atoms with van der Waals surface area (Å²) in [5, 5.41) is 0. The van der Waals surface area contributed by atoms with Gasteiger partial charge in [0.2, 0.25) is 0 Å². The third-order valence-corrected chi connectivity index (χ3v) is 7.68. The Morgan fingerprint density at radius 3 is 2.25 bits per heavy atom. The highest BCUT2D eigenvalue weighted by Gasteiger charge is 2.39. The van der Waals surface area contributed by atoms with Crippen molar-refractivity contribution < 1.29 is 27.5 Å². The maximum atomic E-state index is 12.7. The summed E-state index contributed by atoms with van der Waals surface area (Å²) < 4.78 is 28.3. The quantitative estimate of drug-likeness (QED) is 0.133. The van der Waals surface area contributed by atoms with Crippen LogP contribution in [0.4, 0.5) is 0 Å². The number of carbonyl (C=O) groups is 1. The van der Waals surface area contributed by atoms with Gasteiger partial charge in [-0.2, -0.15) is 0 Å². The summed E-state index contributed by atoms with van der Waals surface area (Å²) in [6.45, 7) is 8.06. The van der Waals surface area contributed by atoms with Crippen LogP contribution < -0.4 is 9.47 Å². The van der Waals surface area contributed by atoms with Crippen molar-refractivity contribution in [1.29, 1.82) is 0 Å². The van der Waals surface area contributed by atoms with Crippen LogP contribution in [0, 0.1) is 0 Å². The lowest BCUT2D eigenvalue weighted by atomic mass is 10.1. The smallest absolute Gasteiger partial charge is 0.497 e. The van der Waals surface area contributed by atoms with Crippen LogP contribution in [0.5, 0.6) is 11.5 Å². The van der Waals surface area contributed by atoms with Gasteiger partial charge in [-0.15, -0.1) is 0 Å². The number of hydrogen-bond donors (Lipinski definition) is 0. The molecule has 0 heterocycles. The third-order valence-electron chi connectivity index (χ3n) is 4.53. The molecule has 0 radical (unpaired) electrons. The van der Waals surface area contributed by atoms with E-state index in [9.17, 15) is 4.79 Å². The van der Waals surface area contributed by atoms with E-state index in [2.05, 4.69) is 4.99 Å². The Morgan fingerprint density at radius 1 is 0.938 bits per heavy atom. The molecule has 2 rings (SSSR count). The molecule has 0 spiro atoms. The van der Waals surface area contributed by atoms with Gasteiger partial charge in [0.05, 0.1) is 12.7 Å². The van der Waals surface area contributed by atoms with Crippen LogP contribution in [0.2, 0.25) is 6.04 Å². The first-order chi connectivity index (χ1) is 15.6. The molecule has 0 saturated heterocycles.